The first-order valence-corrected chi connectivity index (χ1v) is 16.1. The molecular weight excluding hydrogens is 631 g/mol. The van der Waals surface area contributed by atoms with Crippen LogP contribution < -0.4 is 0 Å². The Bertz CT molecular complexity index is 1420. The number of aryl methyl sites for hydroxylation is 1. The number of aromatic amines is 1. The molecular formula is C39H55Cl3N4. The summed E-state index contributed by atoms with van der Waals surface area (Å²) in [6, 6.07) is 29.8. The van der Waals surface area contributed by atoms with Gasteiger partial charge in [0.25, 0.3) is 0 Å². The molecule has 0 amide bonds. The molecule has 0 saturated carbocycles. The lowest BCUT2D eigenvalue weighted by Crippen LogP contribution is -2.50. The van der Waals surface area contributed by atoms with Crippen molar-refractivity contribution in [2.75, 3.05) is 26.2 Å². The fourth-order valence-corrected chi connectivity index (χ4v) is 6.62. The molecule has 252 valence electrons. The molecule has 1 atom stereocenters. The summed E-state index contributed by atoms with van der Waals surface area (Å²) in [6.45, 7) is 24.7. The molecule has 2 heterocycles. The molecule has 4 nitrogen and oxygen atoms in total. The number of piperazine rings is 1. The summed E-state index contributed by atoms with van der Waals surface area (Å²) in [5, 5.41) is 0. The molecule has 0 bridgehead atoms. The molecule has 1 N–H and O–H groups in total. The van der Waals surface area contributed by atoms with Gasteiger partial charge in [0.15, 0.2) is 0 Å². The third-order valence-electron chi connectivity index (χ3n) is 9.17. The molecule has 1 unspecified atom stereocenters. The molecule has 3 aromatic carbocycles. The zero-order valence-electron chi connectivity index (χ0n) is 29.1. The van der Waals surface area contributed by atoms with Crippen molar-refractivity contribution in [1.82, 2.24) is 19.8 Å². The number of imidazole rings is 1. The van der Waals surface area contributed by atoms with Crippen molar-refractivity contribution in [1.29, 1.82) is 0 Å². The van der Waals surface area contributed by atoms with Crippen molar-refractivity contribution in [3.8, 4) is 11.4 Å². The summed E-state index contributed by atoms with van der Waals surface area (Å²) in [7, 11) is 0. The summed E-state index contributed by atoms with van der Waals surface area (Å²) >= 11 is 0. The topological polar surface area (TPSA) is 35.2 Å². The Morgan fingerprint density at radius 1 is 0.630 bits per heavy atom. The van der Waals surface area contributed by atoms with E-state index in [0.29, 0.717) is 5.92 Å². The normalized spacial score (nSPS) is 15.2. The van der Waals surface area contributed by atoms with Gasteiger partial charge < -0.3 is 4.98 Å². The quantitative estimate of drug-likeness (QED) is 0.210. The van der Waals surface area contributed by atoms with Crippen molar-refractivity contribution in [2.45, 2.75) is 85.2 Å². The average molecular weight is 686 g/mol. The van der Waals surface area contributed by atoms with E-state index in [2.05, 4.69) is 156 Å². The molecule has 1 fully saturated rings. The number of hydrogen-bond donors (Lipinski definition) is 1. The van der Waals surface area contributed by atoms with Gasteiger partial charge in [-0.25, -0.2) is 4.98 Å². The fraction of sp³-hybridized carbons (Fsp3) is 0.462. The number of hydrogen-bond acceptors (Lipinski definition) is 3. The van der Waals surface area contributed by atoms with Gasteiger partial charge in [0, 0.05) is 37.4 Å². The van der Waals surface area contributed by atoms with Gasteiger partial charge in [-0.2, -0.15) is 0 Å². The maximum absolute atomic E-state index is 5.17. The van der Waals surface area contributed by atoms with Crippen LogP contribution in [0, 0.1) is 12.8 Å². The highest BCUT2D eigenvalue weighted by atomic mass is 35.5. The summed E-state index contributed by atoms with van der Waals surface area (Å²) in [5.41, 5.74) is 9.31. The zero-order valence-corrected chi connectivity index (χ0v) is 31.6. The largest absolute Gasteiger partial charge is 0.342 e. The van der Waals surface area contributed by atoms with E-state index < -0.39 is 0 Å². The fourth-order valence-electron chi connectivity index (χ4n) is 6.62. The molecule has 0 radical (unpaired) electrons. The molecule has 1 aromatic heterocycles. The first kappa shape index (κ1) is 39.8. The smallest absolute Gasteiger partial charge is 0.137 e. The summed E-state index contributed by atoms with van der Waals surface area (Å²) in [4.78, 5) is 14.1. The molecule has 7 heteroatoms. The monoisotopic (exact) mass is 684 g/mol. The van der Waals surface area contributed by atoms with Crippen molar-refractivity contribution in [3.63, 3.8) is 0 Å². The Labute approximate surface area is 297 Å². The molecule has 4 aromatic rings. The number of H-pyrrole nitrogens is 1. The van der Waals surface area contributed by atoms with Gasteiger partial charge in [-0.15, -0.1) is 37.2 Å². The molecule has 0 spiro atoms. The predicted octanol–water partition coefficient (Wildman–Crippen LogP) is 10.3. The lowest BCUT2D eigenvalue weighted by Gasteiger charge is -2.43. The Kier molecular flexibility index (Phi) is 14.0. The van der Waals surface area contributed by atoms with E-state index >= 15 is 0 Å². The highest BCUT2D eigenvalue weighted by Crippen LogP contribution is 2.36. The van der Waals surface area contributed by atoms with Crippen LogP contribution in [0.25, 0.3) is 11.4 Å². The van der Waals surface area contributed by atoms with Crippen LogP contribution in [0.3, 0.4) is 0 Å². The summed E-state index contributed by atoms with van der Waals surface area (Å²) in [6.07, 6.45) is 0. The first-order chi connectivity index (χ1) is 20.3. The molecule has 46 heavy (non-hydrogen) atoms. The third kappa shape index (κ3) is 8.96. The average Bonchev–Trinajstić information content (AvgIpc) is 3.35. The standard InChI is InChI=1S/C39H52N4.3ClH/c1-27(2)35(34-28(3)40-37(41-34)31-13-11-10-12-14-31)42-23-25-43(26-24-42)36(29-15-19-32(20-16-29)38(4,5)6)30-17-21-33(22-18-30)39(7,8)9;;;/h10-22,27,35-36H,23-26H2,1-9H3,(H,40,41);3*1H. The lowest BCUT2D eigenvalue weighted by molar-refractivity contribution is 0.0599. The van der Waals surface area contributed by atoms with E-state index in [1.54, 1.807) is 0 Å². The number of nitrogens with one attached hydrogen (secondary N) is 1. The van der Waals surface area contributed by atoms with Gasteiger partial charge >= 0.3 is 0 Å². The van der Waals surface area contributed by atoms with Gasteiger partial charge in [-0.1, -0.05) is 134 Å². The Hall–Kier alpha value is -2.34. The molecule has 1 saturated heterocycles. The molecule has 5 rings (SSSR count). The van der Waals surface area contributed by atoms with Gasteiger partial charge in [0.1, 0.15) is 5.82 Å². The minimum Gasteiger partial charge on any atom is -0.342 e. The van der Waals surface area contributed by atoms with Crippen molar-refractivity contribution < 1.29 is 0 Å². The van der Waals surface area contributed by atoms with E-state index in [0.717, 1.165) is 37.6 Å². The number of rotatable bonds is 7. The van der Waals surface area contributed by atoms with Crippen molar-refractivity contribution in [3.05, 3.63) is 113 Å². The second kappa shape index (κ2) is 16.2. The molecule has 1 aliphatic heterocycles. The third-order valence-corrected chi connectivity index (χ3v) is 9.17. The van der Waals surface area contributed by atoms with E-state index in [1.165, 1.54) is 33.6 Å². The van der Waals surface area contributed by atoms with Crippen LogP contribution in [0.2, 0.25) is 0 Å². The van der Waals surface area contributed by atoms with E-state index in [-0.39, 0.29) is 60.1 Å². The predicted molar refractivity (Wildman–Crippen MR) is 203 cm³/mol. The van der Waals surface area contributed by atoms with Crippen molar-refractivity contribution >= 4 is 37.2 Å². The Morgan fingerprint density at radius 3 is 1.48 bits per heavy atom. The second-order valence-corrected chi connectivity index (χ2v) is 14.9. The van der Waals surface area contributed by atoms with Gasteiger partial charge in [-0.3, -0.25) is 9.80 Å². The van der Waals surface area contributed by atoms with Crippen LogP contribution >= 0.6 is 37.2 Å². The molecule has 1 aliphatic rings. The molecule has 0 aliphatic carbocycles. The van der Waals surface area contributed by atoms with Crippen molar-refractivity contribution in [2.24, 2.45) is 5.92 Å². The highest BCUT2D eigenvalue weighted by molar-refractivity contribution is 5.86. The SMILES string of the molecule is Cc1[nH]c(-c2ccccc2)nc1C(C(C)C)N1CCN(C(c2ccc(C(C)(C)C)cc2)c2ccc(C(C)(C)C)cc2)CC1.Cl.Cl.Cl. The van der Waals surface area contributed by atoms with Crippen LogP contribution in [0.4, 0.5) is 0 Å². The number of aromatic nitrogens is 2. The van der Waals surface area contributed by atoms with Gasteiger partial charge in [0.05, 0.1) is 17.8 Å². The minimum absolute atomic E-state index is 0. The first-order valence-electron chi connectivity index (χ1n) is 16.1. The minimum atomic E-state index is 0. The van der Waals surface area contributed by atoms with Crippen LogP contribution in [0.5, 0.6) is 0 Å². The van der Waals surface area contributed by atoms with Crippen LogP contribution in [0.1, 0.15) is 101 Å². The van der Waals surface area contributed by atoms with Gasteiger partial charge in [0.2, 0.25) is 0 Å². The second-order valence-electron chi connectivity index (χ2n) is 14.9. The lowest BCUT2D eigenvalue weighted by atomic mass is 9.84. The maximum Gasteiger partial charge on any atom is 0.137 e. The van der Waals surface area contributed by atoms with Crippen LogP contribution in [0.15, 0.2) is 78.9 Å². The summed E-state index contributed by atoms with van der Waals surface area (Å²) < 4.78 is 0. The maximum atomic E-state index is 5.17. The van der Waals surface area contributed by atoms with E-state index in [4.69, 9.17) is 4.98 Å². The van der Waals surface area contributed by atoms with E-state index in [1.807, 2.05) is 0 Å². The Morgan fingerprint density at radius 2 is 1.07 bits per heavy atom. The number of benzene rings is 3. The highest BCUT2D eigenvalue weighted by Gasteiger charge is 2.33. The zero-order chi connectivity index (χ0) is 30.9. The van der Waals surface area contributed by atoms with Crippen LogP contribution in [-0.4, -0.2) is 45.9 Å². The summed E-state index contributed by atoms with van der Waals surface area (Å²) in [5.74, 6) is 1.43. The van der Waals surface area contributed by atoms with E-state index in [9.17, 15) is 0 Å². The Balaban J connectivity index is 0.00000245. The van der Waals surface area contributed by atoms with Gasteiger partial charge in [-0.05, 0) is 45.9 Å². The van der Waals surface area contributed by atoms with Crippen LogP contribution in [-0.2, 0) is 10.8 Å². The number of nitrogens with zero attached hydrogens (tertiary/aromatic N) is 3. The number of halogens is 3.